The second-order valence-corrected chi connectivity index (χ2v) is 4.80. The molecule has 0 saturated carbocycles. The Bertz CT molecular complexity index is 493. The standard InChI is InChI=1S/C15H18N2O2/c1-2-5-13(9-16)17-15(18)12-8-11-6-3-4-7-14(11)19-10-12/h3-4,6-7,12-13H,2,5,8,10H2,1H3,(H,17,18). The van der Waals surface area contributed by atoms with Gasteiger partial charge in [0.1, 0.15) is 18.4 Å². The normalized spacial score (nSPS) is 18.6. The predicted octanol–water partition coefficient (Wildman–Crippen LogP) is 2.05. The van der Waals surface area contributed by atoms with E-state index in [0.717, 1.165) is 17.7 Å². The third-order valence-electron chi connectivity index (χ3n) is 3.30. The number of nitrogens with one attached hydrogen (secondary N) is 1. The second-order valence-electron chi connectivity index (χ2n) is 4.80. The highest BCUT2D eigenvalue weighted by Gasteiger charge is 2.26. The Labute approximate surface area is 113 Å². The van der Waals surface area contributed by atoms with Crippen LogP contribution in [0.15, 0.2) is 24.3 Å². The first-order chi connectivity index (χ1) is 9.24. The fourth-order valence-electron chi connectivity index (χ4n) is 2.24. The third kappa shape index (κ3) is 3.25. The maximum Gasteiger partial charge on any atom is 0.227 e. The summed E-state index contributed by atoms with van der Waals surface area (Å²) in [6.07, 6.45) is 2.24. The molecule has 100 valence electrons. The molecule has 0 aliphatic carbocycles. The molecule has 2 rings (SSSR count). The van der Waals surface area contributed by atoms with Crippen LogP contribution in [0.3, 0.4) is 0 Å². The number of rotatable bonds is 4. The van der Waals surface area contributed by atoms with Crippen LogP contribution in [0.5, 0.6) is 5.75 Å². The molecule has 1 heterocycles. The first kappa shape index (κ1) is 13.4. The Morgan fingerprint density at radius 1 is 1.58 bits per heavy atom. The van der Waals surface area contributed by atoms with E-state index in [-0.39, 0.29) is 11.8 Å². The molecule has 1 amide bonds. The number of carbonyl (C=O) groups is 1. The maximum absolute atomic E-state index is 12.1. The highest BCUT2D eigenvalue weighted by atomic mass is 16.5. The molecule has 4 nitrogen and oxygen atoms in total. The van der Waals surface area contributed by atoms with Crippen LogP contribution in [0.2, 0.25) is 0 Å². The molecule has 1 aromatic carbocycles. The number of hydrogen-bond acceptors (Lipinski definition) is 3. The van der Waals surface area contributed by atoms with Crippen LogP contribution < -0.4 is 10.1 Å². The lowest BCUT2D eigenvalue weighted by Gasteiger charge is -2.25. The molecule has 0 spiro atoms. The summed E-state index contributed by atoms with van der Waals surface area (Å²) in [4.78, 5) is 12.1. The minimum Gasteiger partial charge on any atom is -0.492 e. The number of ether oxygens (including phenoxy) is 1. The van der Waals surface area contributed by atoms with E-state index in [2.05, 4.69) is 11.4 Å². The molecule has 0 bridgehead atoms. The molecule has 1 aliphatic heterocycles. The van der Waals surface area contributed by atoms with Crippen molar-refractivity contribution in [2.24, 2.45) is 5.92 Å². The summed E-state index contributed by atoms with van der Waals surface area (Å²) in [7, 11) is 0. The van der Waals surface area contributed by atoms with E-state index in [1.54, 1.807) is 0 Å². The number of nitrogens with zero attached hydrogens (tertiary/aromatic N) is 1. The molecule has 1 N–H and O–H groups in total. The lowest BCUT2D eigenvalue weighted by molar-refractivity contribution is -0.126. The summed E-state index contributed by atoms with van der Waals surface area (Å²) in [6, 6.07) is 9.48. The number of benzene rings is 1. The Morgan fingerprint density at radius 2 is 2.37 bits per heavy atom. The number of nitriles is 1. The number of carbonyl (C=O) groups excluding carboxylic acids is 1. The summed E-state index contributed by atoms with van der Waals surface area (Å²) in [5.74, 6) is 0.564. The van der Waals surface area contributed by atoms with Gasteiger partial charge in [-0.05, 0) is 24.5 Å². The molecule has 0 fully saturated rings. The third-order valence-corrected chi connectivity index (χ3v) is 3.30. The van der Waals surface area contributed by atoms with Gasteiger partial charge in [-0.2, -0.15) is 5.26 Å². The van der Waals surface area contributed by atoms with Crippen LogP contribution in [-0.2, 0) is 11.2 Å². The molecule has 0 radical (unpaired) electrons. The zero-order chi connectivity index (χ0) is 13.7. The molecule has 0 aromatic heterocycles. The van der Waals surface area contributed by atoms with E-state index in [1.807, 2.05) is 31.2 Å². The first-order valence-corrected chi connectivity index (χ1v) is 6.65. The van der Waals surface area contributed by atoms with Crippen molar-refractivity contribution in [3.05, 3.63) is 29.8 Å². The zero-order valence-corrected chi connectivity index (χ0v) is 11.1. The van der Waals surface area contributed by atoms with Gasteiger partial charge in [0.05, 0.1) is 12.0 Å². The minimum atomic E-state index is -0.394. The highest BCUT2D eigenvalue weighted by molar-refractivity contribution is 5.80. The summed E-state index contributed by atoms with van der Waals surface area (Å²) in [6.45, 7) is 2.38. The molecule has 2 atom stereocenters. The van der Waals surface area contributed by atoms with E-state index in [1.165, 1.54) is 0 Å². The number of para-hydroxylation sites is 1. The first-order valence-electron chi connectivity index (χ1n) is 6.65. The molecular formula is C15H18N2O2. The molecule has 4 heteroatoms. The molecule has 0 saturated heterocycles. The van der Waals surface area contributed by atoms with E-state index in [0.29, 0.717) is 19.4 Å². The van der Waals surface area contributed by atoms with Crippen molar-refractivity contribution in [2.75, 3.05) is 6.61 Å². The number of hydrogen-bond donors (Lipinski definition) is 1. The Balaban J connectivity index is 1.97. The Kier molecular flexibility index (Phi) is 4.40. The maximum atomic E-state index is 12.1. The topological polar surface area (TPSA) is 62.1 Å². The lowest BCUT2D eigenvalue weighted by Crippen LogP contribution is -2.42. The second kappa shape index (κ2) is 6.24. The smallest absolute Gasteiger partial charge is 0.227 e. The van der Waals surface area contributed by atoms with Gasteiger partial charge >= 0.3 is 0 Å². The van der Waals surface area contributed by atoms with E-state index < -0.39 is 6.04 Å². The van der Waals surface area contributed by atoms with Crippen molar-refractivity contribution in [3.8, 4) is 11.8 Å². The van der Waals surface area contributed by atoms with Gasteiger partial charge in [0.25, 0.3) is 0 Å². The van der Waals surface area contributed by atoms with Crippen molar-refractivity contribution in [1.82, 2.24) is 5.32 Å². The molecular weight excluding hydrogens is 240 g/mol. The largest absolute Gasteiger partial charge is 0.492 e. The summed E-state index contributed by atoms with van der Waals surface area (Å²) in [5, 5.41) is 11.8. The van der Waals surface area contributed by atoms with Crippen molar-refractivity contribution < 1.29 is 9.53 Å². The van der Waals surface area contributed by atoms with Crippen LogP contribution in [0.25, 0.3) is 0 Å². The fourth-order valence-corrected chi connectivity index (χ4v) is 2.24. The Hall–Kier alpha value is -2.02. The monoisotopic (exact) mass is 258 g/mol. The molecule has 19 heavy (non-hydrogen) atoms. The van der Waals surface area contributed by atoms with Gasteiger partial charge < -0.3 is 10.1 Å². The van der Waals surface area contributed by atoms with Crippen molar-refractivity contribution in [1.29, 1.82) is 5.26 Å². The average molecular weight is 258 g/mol. The van der Waals surface area contributed by atoms with Crippen LogP contribution >= 0.6 is 0 Å². The highest BCUT2D eigenvalue weighted by Crippen LogP contribution is 2.26. The van der Waals surface area contributed by atoms with Crippen molar-refractivity contribution in [3.63, 3.8) is 0 Å². The van der Waals surface area contributed by atoms with Crippen molar-refractivity contribution in [2.45, 2.75) is 32.2 Å². The van der Waals surface area contributed by atoms with E-state index in [4.69, 9.17) is 10.00 Å². The fraction of sp³-hybridized carbons (Fsp3) is 0.467. The van der Waals surface area contributed by atoms with Gasteiger partial charge in [0.2, 0.25) is 5.91 Å². The van der Waals surface area contributed by atoms with E-state index >= 15 is 0 Å². The quantitative estimate of drug-likeness (QED) is 0.899. The number of fused-ring (bicyclic) bond motifs is 1. The average Bonchev–Trinajstić information content (AvgIpc) is 2.46. The summed E-state index contributed by atoms with van der Waals surface area (Å²) < 4.78 is 5.59. The predicted molar refractivity (Wildman–Crippen MR) is 71.6 cm³/mol. The van der Waals surface area contributed by atoms with Gasteiger partial charge in [-0.3, -0.25) is 4.79 Å². The summed E-state index contributed by atoms with van der Waals surface area (Å²) in [5.41, 5.74) is 1.05. The number of amides is 1. The van der Waals surface area contributed by atoms with Gasteiger partial charge in [-0.15, -0.1) is 0 Å². The lowest BCUT2D eigenvalue weighted by atomic mass is 9.95. The van der Waals surface area contributed by atoms with Crippen LogP contribution in [-0.4, -0.2) is 18.6 Å². The van der Waals surface area contributed by atoms with Crippen LogP contribution in [0.4, 0.5) is 0 Å². The van der Waals surface area contributed by atoms with Gasteiger partial charge in [-0.1, -0.05) is 31.5 Å². The van der Waals surface area contributed by atoms with Crippen LogP contribution in [0.1, 0.15) is 25.3 Å². The molecule has 1 aliphatic rings. The van der Waals surface area contributed by atoms with Gasteiger partial charge in [-0.25, -0.2) is 0 Å². The van der Waals surface area contributed by atoms with E-state index in [9.17, 15) is 4.79 Å². The molecule has 2 unspecified atom stereocenters. The SMILES string of the molecule is CCCC(C#N)NC(=O)C1COc2ccccc2C1. The molecule has 1 aromatic rings. The minimum absolute atomic E-state index is 0.0884. The van der Waals surface area contributed by atoms with Gasteiger partial charge in [0.15, 0.2) is 0 Å². The summed E-state index contributed by atoms with van der Waals surface area (Å²) >= 11 is 0. The van der Waals surface area contributed by atoms with Gasteiger partial charge in [0, 0.05) is 0 Å². The van der Waals surface area contributed by atoms with Crippen LogP contribution in [0, 0.1) is 17.2 Å². The Morgan fingerprint density at radius 3 is 3.11 bits per heavy atom. The zero-order valence-electron chi connectivity index (χ0n) is 11.1. The van der Waals surface area contributed by atoms with Crippen molar-refractivity contribution >= 4 is 5.91 Å².